The van der Waals surface area contributed by atoms with Crippen LogP contribution in [0.4, 0.5) is 0 Å². The molecule has 1 unspecified atom stereocenters. The van der Waals surface area contributed by atoms with E-state index in [1.54, 1.807) is 24.3 Å². The van der Waals surface area contributed by atoms with Gasteiger partial charge >= 0.3 is 0 Å². The fourth-order valence-electron chi connectivity index (χ4n) is 4.15. The van der Waals surface area contributed by atoms with Crippen molar-refractivity contribution in [1.29, 1.82) is 0 Å². The molecule has 1 aromatic carbocycles. The maximum Gasteiger partial charge on any atom is 0.236 e. The molecule has 30 heavy (non-hydrogen) atoms. The van der Waals surface area contributed by atoms with E-state index >= 15 is 0 Å². The Balaban J connectivity index is 1.52. The van der Waals surface area contributed by atoms with Crippen LogP contribution in [0.15, 0.2) is 29.2 Å². The number of primary amides is 1. The summed E-state index contributed by atoms with van der Waals surface area (Å²) in [5, 5.41) is -0.191. The summed E-state index contributed by atoms with van der Waals surface area (Å²) in [6.07, 6.45) is 5.80. The van der Waals surface area contributed by atoms with E-state index in [0.29, 0.717) is 49.7 Å². The number of hydrogen-bond donors (Lipinski definition) is 1. The number of carbonyl (C=O) groups is 1. The number of rotatable bonds is 9. The average Bonchev–Trinajstić information content (AvgIpc) is 2.77. The molecule has 0 spiro atoms. The lowest BCUT2D eigenvalue weighted by Gasteiger charge is -2.33. The van der Waals surface area contributed by atoms with Gasteiger partial charge in [-0.25, -0.2) is 8.42 Å². The molecule has 0 aromatic heterocycles. The molecule has 3 rings (SSSR count). The van der Waals surface area contributed by atoms with Crippen LogP contribution in [0.25, 0.3) is 0 Å². The number of nitrogens with two attached hydrogens (primary N) is 1. The molecule has 1 amide bonds. The molecule has 9 heteroatoms. The zero-order valence-corrected chi connectivity index (χ0v) is 18.8. The van der Waals surface area contributed by atoms with E-state index in [1.807, 2.05) is 0 Å². The first-order valence-electron chi connectivity index (χ1n) is 10.6. The van der Waals surface area contributed by atoms with Crippen molar-refractivity contribution >= 4 is 26.5 Å². The first kappa shape index (κ1) is 23.2. The maximum atomic E-state index is 13.0. The Bertz CT molecular complexity index is 841. The third kappa shape index (κ3) is 5.42. The molecule has 2 fully saturated rings. The van der Waals surface area contributed by atoms with Gasteiger partial charge in [-0.05, 0) is 56.4 Å². The smallest absolute Gasteiger partial charge is 0.236 e. The first-order valence-corrected chi connectivity index (χ1v) is 13.5. The SMILES string of the molecule is NC(=O)C1(S(=O)c2ccc(OCCCS(=O)(=O)C3CCCCC3)cc2)CCOCC1. The van der Waals surface area contributed by atoms with Crippen LogP contribution in [-0.2, 0) is 30.2 Å². The van der Waals surface area contributed by atoms with Gasteiger partial charge in [0.05, 0.1) is 28.4 Å². The van der Waals surface area contributed by atoms with Crippen molar-refractivity contribution in [2.24, 2.45) is 5.73 Å². The van der Waals surface area contributed by atoms with Crippen LogP contribution >= 0.6 is 0 Å². The lowest BCUT2D eigenvalue weighted by atomic mass is 9.98. The van der Waals surface area contributed by atoms with Crippen molar-refractivity contribution in [2.75, 3.05) is 25.6 Å². The number of hydrogen-bond acceptors (Lipinski definition) is 6. The summed E-state index contributed by atoms with van der Waals surface area (Å²) in [5.41, 5.74) is 5.58. The van der Waals surface area contributed by atoms with Crippen molar-refractivity contribution < 1.29 is 26.9 Å². The topological polar surface area (TPSA) is 113 Å². The highest BCUT2D eigenvalue weighted by Crippen LogP contribution is 2.32. The molecule has 1 saturated heterocycles. The van der Waals surface area contributed by atoms with E-state index in [9.17, 15) is 17.4 Å². The Morgan fingerprint density at radius 2 is 1.77 bits per heavy atom. The van der Waals surface area contributed by atoms with Crippen LogP contribution in [0.5, 0.6) is 5.75 Å². The standard InChI is InChI=1S/C21H31NO6S2/c22-20(23)21(11-14-27-15-12-21)29(24)18-9-7-17(8-10-18)28-13-4-16-30(25,26)19-5-2-1-3-6-19/h7-10,19H,1-6,11-16H2,(H2,22,23). The van der Waals surface area contributed by atoms with Crippen LogP contribution in [0.3, 0.4) is 0 Å². The highest BCUT2D eigenvalue weighted by Gasteiger charge is 2.45. The van der Waals surface area contributed by atoms with Crippen LogP contribution < -0.4 is 10.5 Å². The molecular weight excluding hydrogens is 426 g/mol. The van der Waals surface area contributed by atoms with Crippen molar-refractivity contribution in [1.82, 2.24) is 0 Å². The predicted octanol–water partition coefficient (Wildman–Crippen LogP) is 2.35. The second kappa shape index (κ2) is 10.2. The average molecular weight is 458 g/mol. The molecule has 0 radical (unpaired) electrons. The van der Waals surface area contributed by atoms with Crippen LogP contribution in [0.1, 0.15) is 51.4 Å². The Kier molecular flexibility index (Phi) is 7.92. The highest BCUT2D eigenvalue weighted by atomic mass is 32.2. The predicted molar refractivity (Wildman–Crippen MR) is 116 cm³/mol. The molecule has 1 saturated carbocycles. The van der Waals surface area contributed by atoms with Crippen LogP contribution in [0.2, 0.25) is 0 Å². The summed E-state index contributed by atoms with van der Waals surface area (Å²) in [5.74, 6) is 0.151. The van der Waals surface area contributed by atoms with E-state index in [0.717, 1.165) is 32.1 Å². The zero-order chi connectivity index (χ0) is 21.6. The Labute approximate surface area is 181 Å². The quantitative estimate of drug-likeness (QED) is 0.570. The normalized spacial score (nSPS) is 21.1. The van der Waals surface area contributed by atoms with Crippen molar-refractivity contribution in [3.8, 4) is 5.75 Å². The molecular formula is C21H31NO6S2. The van der Waals surface area contributed by atoms with Gasteiger partial charge in [0.25, 0.3) is 0 Å². The van der Waals surface area contributed by atoms with Crippen molar-refractivity contribution in [3.05, 3.63) is 24.3 Å². The van der Waals surface area contributed by atoms with Crippen LogP contribution in [-0.4, -0.2) is 54.1 Å². The Morgan fingerprint density at radius 1 is 1.13 bits per heavy atom. The van der Waals surface area contributed by atoms with Gasteiger partial charge in [0.15, 0.2) is 9.84 Å². The van der Waals surface area contributed by atoms with E-state index in [2.05, 4.69) is 0 Å². The maximum absolute atomic E-state index is 13.0. The molecule has 2 aliphatic rings. The molecule has 1 aliphatic heterocycles. The summed E-state index contributed by atoms with van der Waals surface area (Å²) in [6.45, 7) is 1.02. The number of benzene rings is 1. The third-order valence-electron chi connectivity index (χ3n) is 6.04. The van der Waals surface area contributed by atoms with Gasteiger partial charge in [0.2, 0.25) is 5.91 Å². The van der Waals surface area contributed by atoms with E-state index in [4.69, 9.17) is 15.2 Å². The Hall–Kier alpha value is -1.45. The highest BCUT2D eigenvalue weighted by molar-refractivity contribution is 7.92. The minimum absolute atomic E-state index is 0.142. The Morgan fingerprint density at radius 3 is 2.37 bits per heavy atom. The van der Waals surface area contributed by atoms with Crippen LogP contribution in [0, 0.1) is 0 Å². The van der Waals surface area contributed by atoms with E-state index in [1.165, 1.54) is 0 Å². The van der Waals surface area contributed by atoms with E-state index in [-0.39, 0.29) is 11.0 Å². The van der Waals surface area contributed by atoms with Gasteiger partial charge in [0.1, 0.15) is 10.5 Å². The molecule has 0 bridgehead atoms. The number of ether oxygens (including phenoxy) is 2. The second-order valence-electron chi connectivity index (χ2n) is 8.04. The van der Waals surface area contributed by atoms with Gasteiger partial charge < -0.3 is 15.2 Å². The monoisotopic (exact) mass is 457 g/mol. The van der Waals surface area contributed by atoms with Gasteiger partial charge in [-0.3, -0.25) is 9.00 Å². The fourth-order valence-corrected chi connectivity index (χ4v) is 7.61. The minimum atomic E-state index is -3.06. The molecule has 7 nitrogen and oxygen atoms in total. The van der Waals surface area contributed by atoms with Gasteiger partial charge in [-0.2, -0.15) is 0 Å². The largest absolute Gasteiger partial charge is 0.494 e. The summed E-state index contributed by atoms with van der Waals surface area (Å²) >= 11 is 0. The second-order valence-corrected chi connectivity index (χ2v) is 12.2. The summed E-state index contributed by atoms with van der Waals surface area (Å²) in [6, 6.07) is 6.72. The minimum Gasteiger partial charge on any atom is -0.494 e. The number of sulfone groups is 1. The van der Waals surface area contributed by atoms with Gasteiger partial charge in [-0.15, -0.1) is 0 Å². The fraction of sp³-hybridized carbons (Fsp3) is 0.667. The number of carbonyl (C=O) groups excluding carboxylic acids is 1. The molecule has 1 atom stereocenters. The molecule has 1 heterocycles. The third-order valence-corrected chi connectivity index (χ3v) is 10.4. The summed E-state index contributed by atoms with van der Waals surface area (Å²) < 4.78 is 47.7. The lowest BCUT2D eigenvalue weighted by Crippen LogP contribution is -2.51. The van der Waals surface area contributed by atoms with Crippen molar-refractivity contribution in [2.45, 2.75) is 66.3 Å². The molecule has 168 valence electrons. The first-order chi connectivity index (χ1) is 14.3. The van der Waals surface area contributed by atoms with E-state index < -0.39 is 31.3 Å². The van der Waals surface area contributed by atoms with Crippen molar-refractivity contribution in [3.63, 3.8) is 0 Å². The summed E-state index contributed by atoms with van der Waals surface area (Å²) in [7, 11) is -4.64. The van der Waals surface area contributed by atoms with Gasteiger partial charge in [0, 0.05) is 18.1 Å². The zero-order valence-electron chi connectivity index (χ0n) is 17.2. The lowest BCUT2D eigenvalue weighted by molar-refractivity contribution is -0.122. The number of amides is 1. The summed E-state index contributed by atoms with van der Waals surface area (Å²) in [4.78, 5) is 12.5. The molecule has 2 N–H and O–H groups in total. The van der Waals surface area contributed by atoms with Gasteiger partial charge in [-0.1, -0.05) is 19.3 Å². The molecule has 1 aliphatic carbocycles. The molecule has 1 aromatic rings.